The molecule has 1 aromatic carbocycles. The molecule has 2 N–H and O–H groups in total. The Bertz CT molecular complexity index is 408. The molecule has 3 heteroatoms. The maximum Gasteiger partial charge on any atom is 0.127 e. The molecule has 0 aromatic heterocycles. The van der Waals surface area contributed by atoms with Gasteiger partial charge in [0.15, 0.2) is 0 Å². The standard InChI is InChI=1S/C18H31FN2/c1-4-5-6-7-10-13-18(2,15-20)21(3)14-16-11-8-9-12-17(16)19/h8-9,11-12H,4-7,10,13-15,20H2,1-3H3. The van der Waals surface area contributed by atoms with Crippen LogP contribution in [0.5, 0.6) is 0 Å². The Morgan fingerprint density at radius 1 is 1.14 bits per heavy atom. The quantitative estimate of drug-likeness (QED) is 0.651. The third-order valence-electron chi connectivity index (χ3n) is 4.55. The smallest absolute Gasteiger partial charge is 0.127 e. The molecule has 1 aromatic rings. The molecule has 0 fully saturated rings. The molecule has 1 atom stereocenters. The van der Waals surface area contributed by atoms with Crippen LogP contribution in [0.4, 0.5) is 4.39 Å². The summed E-state index contributed by atoms with van der Waals surface area (Å²) in [5.41, 5.74) is 6.69. The molecular formula is C18H31FN2. The molecule has 0 radical (unpaired) electrons. The zero-order valence-corrected chi connectivity index (χ0v) is 13.9. The second kappa shape index (κ2) is 9.16. The van der Waals surface area contributed by atoms with E-state index in [-0.39, 0.29) is 11.4 Å². The minimum atomic E-state index is -0.133. The van der Waals surface area contributed by atoms with E-state index in [2.05, 4.69) is 18.7 Å². The number of halogens is 1. The Kier molecular flexibility index (Phi) is 7.91. The van der Waals surface area contributed by atoms with Crippen molar-refractivity contribution in [3.8, 4) is 0 Å². The van der Waals surface area contributed by atoms with Gasteiger partial charge in [-0.2, -0.15) is 0 Å². The molecule has 0 aliphatic heterocycles. The molecule has 0 saturated heterocycles. The van der Waals surface area contributed by atoms with Gasteiger partial charge in [-0.1, -0.05) is 57.2 Å². The van der Waals surface area contributed by atoms with Crippen LogP contribution in [0.15, 0.2) is 24.3 Å². The van der Waals surface area contributed by atoms with Crippen LogP contribution in [0.25, 0.3) is 0 Å². The van der Waals surface area contributed by atoms with Crippen molar-refractivity contribution in [1.29, 1.82) is 0 Å². The van der Waals surface area contributed by atoms with Gasteiger partial charge in [0.05, 0.1) is 0 Å². The number of hydrogen-bond donors (Lipinski definition) is 1. The van der Waals surface area contributed by atoms with Crippen LogP contribution in [0.3, 0.4) is 0 Å². The SMILES string of the molecule is CCCCCCCC(C)(CN)N(C)Cc1ccccc1F. The van der Waals surface area contributed by atoms with Crippen LogP contribution in [0.2, 0.25) is 0 Å². The van der Waals surface area contributed by atoms with E-state index >= 15 is 0 Å². The van der Waals surface area contributed by atoms with Crippen molar-refractivity contribution >= 4 is 0 Å². The second-order valence-electron chi connectivity index (χ2n) is 6.31. The zero-order chi connectivity index (χ0) is 15.7. The number of nitrogens with two attached hydrogens (primary N) is 1. The highest BCUT2D eigenvalue weighted by Gasteiger charge is 2.27. The van der Waals surface area contributed by atoms with Gasteiger partial charge in [0.25, 0.3) is 0 Å². The first-order valence-corrected chi connectivity index (χ1v) is 8.18. The van der Waals surface area contributed by atoms with E-state index in [0.717, 1.165) is 12.0 Å². The third kappa shape index (κ3) is 5.76. The number of hydrogen-bond acceptors (Lipinski definition) is 2. The molecule has 1 rings (SSSR count). The number of rotatable bonds is 10. The summed E-state index contributed by atoms with van der Waals surface area (Å²) in [5, 5.41) is 0. The lowest BCUT2D eigenvalue weighted by Gasteiger charge is -2.38. The Hall–Kier alpha value is -0.930. The van der Waals surface area contributed by atoms with Gasteiger partial charge in [-0.15, -0.1) is 0 Å². The first kappa shape index (κ1) is 18.1. The molecule has 120 valence electrons. The van der Waals surface area contributed by atoms with Crippen molar-refractivity contribution in [2.75, 3.05) is 13.6 Å². The lowest BCUT2D eigenvalue weighted by atomic mass is 9.92. The van der Waals surface area contributed by atoms with Crippen LogP contribution in [-0.2, 0) is 6.54 Å². The molecular weight excluding hydrogens is 263 g/mol. The summed E-state index contributed by atoms with van der Waals surface area (Å²) in [6, 6.07) is 6.99. The topological polar surface area (TPSA) is 29.3 Å². The van der Waals surface area contributed by atoms with Gasteiger partial charge < -0.3 is 5.73 Å². The van der Waals surface area contributed by atoms with Crippen molar-refractivity contribution < 1.29 is 4.39 Å². The van der Waals surface area contributed by atoms with Crippen molar-refractivity contribution in [3.63, 3.8) is 0 Å². The van der Waals surface area contributed by atoms with Crippen LogP contribution in [0.1, 0.15) is 57.9 Å². The molecule has 0 spiro atoms. The van der Waals surface area contributed by atoms with Gasteiger partial charge in [0, 0.05) is 24.2 Å². The maximum atomic E-state index is 13.8. The number of unbranched alkanes of at least 4 members (excludes halogenated alkanes) is 4. The molecule has 21 heavy (non-hydrogen) atoms. The Morgan fingerprint density at radius 3 is 2.43 bits per heavy atom. The fourth-order valence-electron chi connectivity index (χ4n) is 2.63. The summed E-state index contributed by atoms with van der Waals surface area (Å²) in [7, 11) is 2.05. The van der Waals surface area contributed by atoms with Gasteiger partial charge in [-0.05, 0) is 26.5 Å². The second-order valence-corrected chi connectivity index (χ2v) is 6.31. The highest BCUT2D eigenvalue weighted by Crippen LogP contribution is 2.23. The first-order chi connectivity index (χ1) is 10.0. The first-order valence-electron chi connectivity index (χ1n) is 8.18. The number of benzene rings is 1. The average molecular weight is 294 g/mol. The summed E-state index contributed by atoms with van der Waals surface area (Å²) in [6.45, 7) is 5.63. The highest BCUT2D eigenvalue weighted by molar-refractivity contribution is 5.17. The fraction of sp³-hybridized carbons (Fsp3) is 0.667. The molecule has 0 aliphatic rings. The molecule has 0 amide bonds. The predicted molar refractivity (Wildman–Crippen MR) is 88.7 cm³/mol. The Balaban J connectivity index is 2.54. The molecule has 0 saturated carbocycles. The predicted octanol–water partition coefficient (Wildman–Crippen LogP) is 4.34. The molecule has 0 heterocycles. The largest absolute Gasteiger partial charge is 0.329 e. The summed E-state index contributed by atoms with van der Waals surface area (Å²) < 4.78 is 13.8. The zero-order valence-electron chi connectivity index (χ0n) is 13.9. The summed E-state index contributed by atoms with van der Waals surface area (Å²) >= 11 is 0. The summed E-state index contributed by atoms with van der Waals surface area (Å²) in [6.07, 6.45) is 7.39. The Labute approximate surface area is 129 Å². The molecule has 1 unspecified atom stereocenters. The van der Waals surface area contributed by atoms with E-state index in [0.29, 0.717) is 13.1 Å². The lowest BCUT2D eigenvalue weighted by molar-refractivity contribution is 0.121. The molecule has 0 bridgehead atoms. The summed E-state index contributed by atoms with van der Waals surface area (Å²) in [4.78, 5) is 2.20. The van der Waals surface area contributed by atoms with E-state index in [9.17, 15) is 4.39 Å². The normalized spacial score (nSPS) is 14.4. The van der Waals surface area contributed by atoms with Crippen LogP contribution in [0, 0.1) is 5.82 Å². The van der Waals surface area contributed by atoms with E-state index < -0.39 is 0 Å². The van der Waals surface area contributed by atoms with Crippen molar-refractivity contribution in [1.82, 2.24) is 4.90 Å². The van der Waals surface area contributed by atoms with Gasteiger partial charge in [-0.25, -0.2) is 4.39 Å². The number of nitrogens with zero attached hydrogens (tertiary/aromatic N) is 1. The third-order valence-corrected chi connectivity index (χ3v) is 4.55. The van der Waals surface area contributed by atoms with Gasteiger partial charge in [-0.3, -0.25) is 4.90 Å². The average Bonchev–Trinajstić information content (AvgIpc) is 2.49. The summed E-state index contributed by atoms with van der Waals surface area (Å²) in [5.74, 6) is -0.133. The van der Waals surface area contributed by atoms with Gasteiger partial charge in [0.2, 0.25) is 0 Å². The van der Waals surface area contributed by atoms with Crippen molar-refractivity contribution in [2.45, 2.75) is 64.5 Å². The van der Waals surface area contributed by atoms with E-state index in [1.807, 2.05) is 19.2 Å². The molecule has 0 aliphatic carbocycles. The van der Waals surface area contributed by atoms with E-state index in [4.69, 9.17) is 5.73 Å². The maximum absolute atomic E-state index is 13.8. The minimum absolute atomic E-state index is 0.0610. The number of likely N-dealkylation sites (N-methyl/N-ethyl adjacent to an activating group) is 1. The van der Waals surface area contributed by atoms with Crippen LogP contribution < -0.4 is 5.73 Å². The van der Waals surface area contributed by atoms with Gasteiger partial charge >= 0.3 is 0 Å². The monoisotopic (exact) mass is 294 g/mol. The molecule has 2 nitrogen and oxygen atoms in total. The van der Waals surface area contributed by atoms with E-state index in [1.54, 1.807) is 6.07 Å². The van der Waals surface area contributed by atoms with Crippen LogP contribution >= 0.6 is 0 Å². The van der Waals surface area contributed by atoms with Crippen molar-refractivity contribution in [3.05, 3.63) is 35.6 Å². The lowest BCUT2D eigenvalue weighted by Crippen LogP contribution is -2.49. The fourth-order valence-corrected chi connectivity index (χ4v) is 2.63. The Morgan fingerprint density at radius 2 is 1.81 bits per heavy atom. The highest BCUT2D eigenvalue weighted by atomic mass is 19.1. The minimum Gasteiger partial charge on any atom is -0.329 e. The van der Waals surface area contributed by atoms with Gasteiger partial charge in [0.1, 0.15) is 5.82 Å². The van der Waals surface area contributed by atoms with E-state index in [1.165, 1.54) is 38.2 Å². The van der Waals surface area contributed by atoms with Crippen molar-refractivity contribution in [2.24, 2.45) is 5.73 Å². The van der Waals surface area contributed by atoms with Crippen LogP contribution in [-0.4, -0.2) is 24.0 Å².